The minimum atomic E-state index is -3.55. The van der Waals surface area contributed by atoms with Gasteiger partial charge in [0.2, 0.25) is 10.0 Å². The maximum absolute atomic E-state index is 13.9. The fourth-order valence-electron chi connectivity index (χ4n) is 1.92. The third kappa shape index (κ3) is 4.12. The maximum atomic E-state index is 13.9. The largest absolute Gasteiger partial charge is 0.320 e. The van der Waals surface area contributed by atoms with Crippen molar-refractivity contribution in [2.75, 3.05) is 12.8 Å². The Morgan fingerprint density at radius 2 is 2.11 bits per heavy atom. The molecule has 4 nitrogen and oxygen atoms in total. The normalized spacial score (nSPS) is 14.9. The Labute approximate surface area is 113 Å². The molecule has 0 amide bonds. The summed E-state index contributed by atoms with van der Waals surface area (Å²) in [6.45, 7) is 3.58. The van der Waals surface area contributed by atoms with E-state index in [1.54, 1.807) is 18.2 Å². The molecular weight excluding hydrogens is 267 g/mol. The predicted molar refractivity (Wildman–Crippen MR) is 74.5 cm³/mol. The van der Waals surface area contributed by atoms with Gasteiger partial charge in [0.05, 0.1) is 11.3 Å². The van der Waals surface area contributed by atoms with E-state index in [1.807, 2.05) is 0 Å². The van der Waals surface area contributed by atoms with Crippen LogP contribution in [0.2, 0.25) is 0 Å². The van der Waals surface area contributed by atoms with Crippen LogP contribution < -0.4 is 10.5 Å². The Hall–Kier alpha value is -1.24. The number of hydrogen-bond acceptors (Lipinski definition) is 3. The van der Waals surface area contributed by atoms with Crippen LogP contribution in [0.25, 0.3) is 0 Å². The molecule has 0 aromatic heterocycles. The molecule has 0 spiro atoms. The van der Waals surface area contributed by atoms with Gasteiger partial charge in [-0.3, -0.25) is 0 Å². The first kappa shape index (κ1) is 15.8. The molecule has 1 aromatic rings. The van der Waals surface area contributed by atoms with Gasteiger partial charge in [0.15, 0.2) is 0 Å². The second kappa shape index (κ2) is 6.27. The molecule has 0 saturated heterocycles. The molecule has 0 aliphatic carbocycles. The van der Waals surface area contributed by atoms with Crippen LogP contribution in [0.5, 0.6) is 0 Å². The lowest BCUT2D eigenvalue weighted by molar-refractivity contribution is 0.427. The van der Waals surface area contributed by atoms with Crippen LogP contribution in [0.4, 0.5) is 4.39 Å². The van der Waals surface area contributed by atoms with Crippen LogP contribution in [0.15, 0.2) is 36.9 Å². The summed E-state index contributed by atoms with van der Waals surface area (Å²) in [5.41, 5.74) is 5.09. The van der Waals surface area contributed by atoms with Gasteiger partial charge >= 0.3 is 0 Å². The predicted octanol–water partition coefficient (Wildman–Crippen LogP) is 1.50. The highest BCUT2D eigenvalue weighted by Crippen LogP contribution is 2.27. The zero-order chi connectivity index (χ0) is 14.5. The lowest BCUT2D eigenvalue weighted by atomic mass is 9.88. The van der Waals surface area contributed by atoms with Crippen molar-refractivity contribution in [2.24, 2.45) is 5.73 Å². The van der Waals surface area contributed by atoms with Crippen molar-refractivity contribution >= 4 is 10.0 Å². The first-order valence-corrected chi connectivity index (χ1v) is 7.56. The summed E-state index contributed by atoms with van der Waals surface area (Å²) in [5, 5.41) is 0. The standard InChI is InChI=1S/C13H19FN2O2S/c1-3-4-9-13(15,10-19(17,18)16-2)11-7-5-6-8-12(11)14/h3,5-8,16H,1,4,9-10,15H2,2H3. The summed E-state index contributed by atoms with van der Waals surface area (Å²) in [4.78, 5) is 0. The molecule has 1 unspecified atom stereocenters. The van der Waals surface area contributed by atoms with Crippen molar-refractivity contribution in [1.29, 1.82) is 0 Å². The van der Waals surface area contributed by atoms with Gasteiger partial charge in [-0.25, -0.2) is 17.5 Å². The molecule has 0 heterocycles. The third-order valence-corrected chi connectivity index (χ3v) is 4.48. The van der Waals surface area contributed by atoms with E-state index in [4.69, 9.17) is 5.73 Å². The number of rotatable bonds is 7. The third-order valence-electron chi connectivity index (χ3n) is 2.96. The average Bonchev–Trinajstić information content (AvgIpc) is 2.36. The van der Waals surface area contributed by atoms with Crippen molar-refractivity contribution in [3.8, 4) is 0 Å². The summed E-state index contributed by atoms with van der Waals surface area (Å²) >= 11 is 0. The monoisotopic (exact) mass is 286 g/mol. The summed E-state index contributed by atoms with van der Waals surface area (Å²) < 4.78 is 39.5. The fraction of sp³-hybridized carbons (Fsp3) is 0.385. The number of sulfonamides is 1. The molecule has 1 rings (SSSR count). The minimum absolute atomic E-state index is 0.204. The summed E-state index contributed by atoms with van der Waals surface area (Å²) in [5.74, 6) is -0.869. The van der Waals surface area contributed by atoms with Gasteiger partial charge < -0.3 is 5.73 Å². The smallest absolute Gasteiger partial charge is 0.213 e. The van der Waals surface area contributed by atoms with Gasteiger partial charge in [0.25, 0.3) is 0 Å². The SMILES string of the molecule is C=CCCC(N)(CS(=O)(=O)NC)c1ccccc1F. The average molecular weight is 286 g/mol. The van der Waals surface area contributed by atoms with Crippen LogP contribution in [0.3, 0.4) is 0 Å². The molecule has 3 N–H and O–H groups in total. The molecule has 0 fully saturated rings. The molecule has 19 heavy (non-hydrogen) atoms. The van der Waals surface area contributed by atoms with E-state index < -0.39 is 21.4 Å². The summed E-state index contributed by atoms with van der Waals surface area (Å²) in [6.07, 6.45) is 2.44. The first-order chi connectivity index (χ1) is 8.84. The van der Waals surface area contributed by atoms with E-state index in [0.29, 0.717) is 12.8 Å². The number of nitrogens with two attached hydrogens (primary N) is 1. The van der Waals surface area contributed by atoms with Gasteiger partial charge in [0.1, 0.15) is 5.82 Å². The minimum Gasteiger partial charge on any atom is -0.320 e. The zero-order valence-electron chi connectivity index (χ0n) is 10.9. The second-order valence-electron chi connectivity index (χ2n) is 4.43. The van der Waals surface area contributed by atoms with Crippen molar-refractivity contribution in [2.45, 2.75) is 18.4 Å². The lowest BCUT2D eigenvalue weighted by Gasteiger charge is -2.29. The molecule has 0 aliphatic rings. The number of allylic oxidation sites excluding steroid dienone is 1. The van der Waals surface area contributed by atoms with Gasteiger partial charge in [0, 0.05) is 5.56 Å². The van der Waals surface area contributed by atoms with Crippen LogP contribution in [0.1, 0.15) is 18.4 Å². The van der Waals surface area contributed by atoms with Crippen LogP contribution in [-0.4, -0.2) is 21.2 Å². The molecule has 0 aliphatic heterocycles. The number of hydrogen-bond donors (Lipinski definition) is 2. The number of halogens is 1. The first-order valence-electron chi connectivity index (χ1n) is 5.90. The summed E-state index contributed by atoms with van der Waals surface area (Å²) in [6, 6.07) is 5.97. The van der Waals surface area contributed by atoms with E-state index in [2.05, 4.69) is 11.3 Å². The quantitative estimate of drug-likeness (QED) is 0.746. The molecular formula is C13H19FN2O2S. The van der Waals surface area contributed by atoms with Crippen LogP contribution >= 0.6 is 0 Å². The van der Waals surface area contributed by atoms with E-state index in [1.165, 1.54) is 19.2 Å². The molecule has 106 valence electrons. The Morgan fingerprint density at radius 3 is 2.63 bits per heavy atom. The van der Waals surface area contributed by atoms with Gasteiger partial charge in [-0.2, -0.15) is 0 Å². The summed E-state index contributed by atoms with van der Waals surface area (Å²) in [7, 11) is -2.24. The van der Waals surface area contributed by atoms with E-state index >= 15 is 0 Å². The van der Waals surface area contributed by atoms with Crippen LogP contribution in [0, 0.1) is 5.82 Å². The molecule has 1 atom stereocenters. The van der Waals surface area contributed by atoms with Gasteiger partial charge in [-0.15, -0.1) is 6.58 Å². The Bertz CT molecular complexity index is 545. The molecule has 1 aromatic carbocycles. The lowest BCUT2D eigenvalue weighted by Crippen LogP contribution is -2.46. The Balaban J connectivity index is 3.20. The highest BCUT2D eigenvalue weighted by Gasteiger charge is 2.34. The van der Waals surface area contributed by atoms with E-state index in [-0.39, 0.29) is 11.3 Å². The fourth-order valence-corrected chi connectivity index (χ4v) is 3.04. The van der Waals surface area contributed by atoms with Crippen molar-refractivity contribution < 1.29 is 12.8 Å². The van der Waals surface area contributed by atoms with Gasteiger partial charge in [-0.1, -0.05) is 24.3 Å². The van der Waals surface area contributed by atoms with Gasteiger partial charge in [-0.05, 0) is 26.0 Å². The molecule has 6 heteroatoms. The van der Waals surface area contributed by atoms with E-state index in [9.17, 15) is 12.8 Å². The molecule has 0 bridgehead atoms. The number of benzene rings is 1. The Morgan fingerprint density at radius 1 is 1.47 bits per heavy atom. The second-order valence-corrected chi connectivity index (χ2v) is 6.35. The Kier molecular flexibility index (Phi) is 5.22. The number of nitrogens with one attached hydrogen (secondary N) is 1. The molecule has 0 radical (unpaired) electrons. The zero-order valence-corrected chi connectivity index (χ0v) is 11.7. The topological polar surface area (TPSA) is 72.2 Å². The highest BCUT2D eigenvalue weighted by molar-refractivity contribution is 7.89. The molecule has 0 saturated carbocycles. The highest BCUT2D eigenvalue weighted by atomic mass is 32.2. The maximum Gasteiger partial charge on any atom is 0.213 e. The van der Waals surface area contributed by atoms with Crippen molar-refractivity contribution in [3.63, 3.8) is 0 Å². The van der Waals surface area contributed by atoms with Crippen molar-refractivity contribution in [3.05, 3.63) is 48.3 Å². The van der Waals surface area contributed by atoms with E-state index in [0.717, 1.165) is 0 Å². The van der Waals surface area contributed by atoms with Crippen molar-refractivity contribution in [1.82, 2.24) is 4.72 Å². The van der Waals surface area contributed by atoms with Crippen LogP contribution in [-0.2, 0) is 15.6 Å².